The molecule has 0 unspecified atom stereocenters. The summed E-state index contributed by atoms with van der Waals surface area (Å²) in [6.07, 6.45) is 7.30. The number of ketones is 1. The maximum atomic E-state index is 11.8. The lowest BCUT2D eigenvalue weighted by atomic mass is 10.1. The molecule has 100 valence electrons. The van der Waals surface area contributed by atoms with Crippen LogP contribution in [0.5, 0.6) is 0 Å². The van der Waals surface area contributed by atoms with E-state index in [1.807, 2.05) is 24.4 Å². The fraction of sp³-hybridized carbons (Fsp3) is 0.438. The third kappa shape index (κ3) is 2.42. The first-order valence-corrected chi connectivity index (χ1v) is 7.32. The number of halogens is 1. The van der Waals surface area contributed by atoms with Crippen molar-refractivity contribution in [1.82, 2.24) is 4.57 Å². The van der Waals surface area contributed by atoms with Crippen LogP contribution < -0.4 is 0 Å². The molecule has 0 aliphatic heterocycles. The molecule has 0 N–H and O–H groups in total. The Hall–Kier alpha value is -1.28. The Morgan fingerprint density at radius 3 is 2.79 bits per heavy atom. The van der Waals surface area contributed by atoms with Crippen molar-refractivity contribution in [2.24, 2.45) is 5.92 Å². The van der Waals surface area contributed by atoms with Crippen LogP contribution in [-0.2, 0) is 6.54 Å². The van der Waals surface area contributed by atoms with Crippen molar-refractivity contribution < 1.29 is 4.79 Å². The quantitative estimate of drug-likeness (QED) is 0.745. The number of benzene rings is 1. The summed E-state index contributed by atoms with van der Waals surface area (Å²) in [7, 11) is 0. The van der Waals surface area contributed by atoms with Crippen molar-refractivity contribution >= 4 is 28.3 Å². The van der Waals surface area contributed by atoms with Crippen LogP contribution in [0.3, 0.4) is 0 Å². The van der Waals surface area contributed by atoms with Gasteiger partial charge in [-0.1, -0.05) is 24.4 Å². The Morgan fingerprint density at radius 2 is 2.11 bits per heavy atom. The first-order valence-electron chi connectivity index (χ1n) is 6.94. The van der Waals surface area contributed by atoms with Crippen molar-refractivity contribution in [3.05, 3.63) is 35.0 Å². The third-order valence-corrected chi connectivity index (χ3v) is 4.39. The third-order valence-electron chi connectivity index (χ3n) is 4.15. The number of Topliss-reactive ketones (excluding diaryl/α,β-unsaturated/α-hetero) is 1. The van der Waals surface area contributed by atoms with Gasteiger partial charge >= 0.3 is 0 Å². The predicted octanol–water partition coefficient (Wildman–Crippen LogP) is 4.69. The van der Waals surface area contributed by atoms with E-state index in [0.29, 0.717) is 5.02 Å². The highest BCUT2D eigenvalue weighted by Gasteiger charge is 2.18. The Kier molecular flexibility index (Phi) is 3.36. The van der Waals surface area contributed by atoms with Crippen molar-refractivity contribution in [2.75, 3.05) is 0 Å². The van der Waals surface area contributed by atoms with E-state index in [1.165, 1.54) is 25.7 Å². The lowest BCUT2D eigenvalue weighted by molar-refractivity contribution is 0.101. The molecule has 1 fully saturated rings. The maximum absolute atomic E-state index is 11.8. The van der Waals surface area contributed by atoms with E-state index < -0.39 is 0 Å². The number of carbonyl (C=O) groups excluding carboxylic acids is 1. The summed E-state index contributed by atoms with van der Waals surface area (Å²) in [5, 5.41) is 1.67. The summed E-state index contributed by atoms with van der Waals surface area (Å²) < 4.78 is 2.23. The second kappa shape index (κ2) is 5.01. The number of nitrogens with zero attached hydrogens (tertiary/aromatic N) is 1. The summed E-state index contributed by atoms with van der Waals surface area (Å²) in [6.45, 7) is 2.64. The number of hydrogen-bond donors (Lipinski definition) is 0. The number of hydrogen-bond acceptors (Lipinski definition) is 1. The molecule has 0 atom stereocenters. The molecule has 1 aliphatic carbocycles. The zero-order valence-corrected chi connectivity index (χ0v) is 11.9. The molecule has 0 spiro atoms. The van der Waals surface area contributed by atoms with Gasteiger partial charge in [-0.3, -0.25) is 4.79 Å². The number of rotatable bonds is 3. The molecule has 2 nitrogen and oxygen atoms in total. The summed E-state index contributed by atoms with van der Waals surface area (Å²) in [4.78, 5) is 11.8. The van der Waals surface area contributed by atoms with Crippen LogP contribution in [0.4, 0.5) is 0 Å². The van der Waals surface area contributed by atoms with Gasteiger partial charge in [-0.25, -0.2) is 0 Å². The van der Waals surface area contributed by atoms with Crippen LogP contribution >= 0.6 is 11.6 Å². The summed E-state index contributed by atoms with van der Waals surface area (Å²) >= 11 is 6.05. The molecule has 0 bridgehead atoms. The molecule has 2 aromatic rings. The first kappa shape index (κ1) is 12.7. The van der Waals surface area contributed by atoms with Gasteiger partial charge in [0.05, 0.1) is 0 Å². The predicted molar refractivity (Wildman–Crippen MR) is 78.9 cm³/mol. The van der Waals surface area contributed by atoms with E-state index in [0.717, 1.165) is 28.9 Å². The van der Waals surface area contributed by atoms with Crippen LogP contribution in [-0.4, -0.2) is 10.4 Å². The Labute approximate surface area is 118 Å². The van der Waals surface area contributed by atoms with Crippen molar-refractivity contribution in [1.29, 1.82) is 0 Å². The van der Waals surface area contributed by atoms with Gasteiger partial charge in [0.15, 0.2) is 5.78 Å². The molecule has 3 rings (SSSR count). The van der Waals surface area contributed by atoms with Gasteiger partial charge in [0.2, 0.25) is 0 Å². The number of carbonyl (C=O) groups is 1. The van der Waals surface area contributed by atoms with Crippen LogP contribution in [0.25, 0.3) is 10.9 Å². The van der Waals surface area contributed by atoms with E-state index in [-0.39, 0.29) is 5.78 Å². The van der Waals surface area contributed by atoms with Crippen LogP contribution in [0, 0.1) is 5.92 Å². The topological polar surface area (TPSA) is 22.0 Å². The average molecular weight is 276 g/mol. The summed E-state index contributed by atoms with van der Waals surface area (Å²) in [5.74, 6) is 0.864. The largest absolute Gasteiger partial charge is 0.346 e. The first-order chi connectivity index (χ1) is 9.15. The maximum Gasteiger partial charge on any atom is 0.161 e. The van der Waals surface area contributed by atoms with E-state index in [1.54, 1.807) is 6.92 Å². The van der Waals surface area contributed by atoms with E-state index in [4.69, 9.17) is 11.6 Å². The Balaban J connectivity index is 2.06. The molecule has 0 saturated heterocycles. The molecule has 19 heavy (non-hydrogen) atoms. The molecule has 3 heteroatoms. The lowest BCUT2D eigenvalue weighted by Gasteiger charge is -2.11. The van der Waals surface area contributed by atoms with Gasteiger partial charge in [-0.05, 0) is 43.9 Å². The van der Waals surface area contributed by atoms with Crippen LogP contribution in [0.2, 0.25) is 5.02 Å². The van der Waals surface area contributed by atoms with Crippen molar-refractivity contribution in [2.45, 2.75) is 39.2 Å². The number of fused-ring (bicyclic) bond motifs is 1. The molecule has 0 radical (unpaired) electrons. The van der Waals surface area contributed by atoms with Gasteiger partial charge in [0, 0.05) is 34.2 Å². The van der Waals surface area contributed by atoms with E-state index >= 15 is 0 Å². The SMILES string of the molecule is CC(=O)c1cn(CC2CCCC2)c2ccc(Cl)cc12. The normalized spacial score (nSPS) is 16.3. The Morgan fingerprint density at radius 1 is 1.37 bits per heavy atom. The van der Waals surface area contributed by atoms with E-state index in [9.17, 15) is 4.79 Å². The molecule has 1 aliphatic rings. The molecular formula is C16H18ClNO. The Bertz CT molecular complexity index is 623. The van der Waals surface area contributed by atoms with Gasteiger partial charge < -0.3 is 4.57 Å². The second-order valence-electron chi connectivity index (χ2n) is 5.56. The standard InChI is InChI=1S/C16H18ClNO/c1-11(19)15-10-18(9-12-4-2-3-5-12)16-7-6-13(17)8-14(15)16/h6-8,10,12H,2-5,9H2,1H3. The molecule has 1 aromatic heterocycles. The highest BCUT2D eigenvalue weighted by atomic mass is 35.5. The zero-order valence-electron chi connectivity index (χ0n) is 11.2. The van der Waals surface area contributed by atoms with Gasteiger partial charge in [0.25, 0.3) is 0 Å². The van der Waals surface area contributed by atoms with Crippen LogP contribution in [0.1, 0.15) is 43.0 Å². The average Bonchev–Trinajstić information content (AvgIpc) is 2.97. The lowest BCUT2D eigenvalue weighted by Crippen LogP contribution is -2.06. The molecular weight excluding hydrogens is 258 g/mol. The van der Waals surface area contributed by atoms with Gasteiger partial charge in [-0.2, -0.15) is 0 Å². The fourth-order valence-electron chi connectivity index (χ4n) is 3.17. The second-order valence-corrected chi connectivity index (χ2v) is 6.00. The monoisotopic (exact) mass is 275 g/mol. The fourth-order valence-corrected chi connectivity index (χ4v) is 3.34. The van der Waals surface area contributed by atoms with Gasteiger partial charge in [-0.15, -0.1) is 0 Å². The summed E-state index contributed by atoms with van der Waals surface area (Å²) in [6, 6.07) is 5.83. The zero-order chi connectivity index (χ0) is 13.4. The molecule has 0 amide bonds. The minimum Gasteiger partial charge on any atom is -0.346 e. The minimum atomic E-state index is 0.109. The molecule has 1 saturated carbocycles. The van der Waals surface area contributed by atoms with Crippen molar-refractivity contribution in [3.8, 4) is 0 Å². The minimum absolute atomic E-state index is 0.109. The van der Waals surface area contributed by atoms with E-state index in [2.05, 4.69) is 4.57 Å². The molecule has 1 aromatic carbocycles. The molecule has 1 heterocycles. The summed E-state index contributed by atoms with van der Waals surface area (Å²) in [5.41, 5.74) is 1.91. The van der Waals surface area contributed by atoms with Crippen molar-refractivity contribution in [3.63, 3.8) is 0 Å². The smallest absolute Gasteiger partial charge is 0.161 e. The highest BCUT2D eigenvalue weighted by molar-refractivity contribution is 6.31. The number of aromatic nitrogens is 1. The van der Waals surface area contributed by atoms with Crippen LogP contribution in [0.15, 0.2) is 24.4 Å². The highest BCUT2D eigenvalue weighted by Crippen LogP contribution is 2.30. The van der Waals surface area contributed by atoms with Gasteiger partial charge in [0.1, 0.15) is 0 Å².